The fourth-order valence-electron chi connectivity index (χ4n) is 3.66. The first-order chi connectivity index (χ1) is 13.5. The number of amides is 1. The molecular weight excluding hydrogens is 354 g/mol. The highest BCUT2D eigenvalue weighted by Crippen LogP contribution is 2.35. The SMILES string of the molecule is CCNC(=NCC(=O)N(C)C)NCC1CCCN(C)C1c1ccc(OC)cc1. The van der Waals surface area contributed by atoms with Crippen molar-refractivity contribution in [2.75, 3.05) is 54.4 Å². The standard InChI is InChI=1S/C21H35N5O2/c1-6-22-21(24-15-19(27)25(2)3)23-14-17-8-7-13-26(4)20(17)16-9-11-18(28-5)12-10-16/h9-12,17,20H,6-8,13-15H2,1-5H3,(H2,22,23,24). The summed E-state index contributed by atoms with van der Waals surface area (Å²) in [5.74, 6) is 2.02. The van der Waals surface area contributed by atoms with Gasteiger partial charge >= 0.3 is 0 Å². The van der Waals surface area contributed by atoms with Crippen molar-refractivity contribution in [3.63, 3.8) is 0 Å². The Balaban J connectivity index is 2.07. The first-order valence-electron chi connectivity index (χ1n) is 10.0. The Morgan fingerprint density at radius 2 is 2.00 bits per heavy atom. The van der Waals surface area contributed by atoms with Gasteiger partial charge in [-0.1, -0.05) is 12.1 Å². The van der Waals surface area contributed by atoms with Gasteiger partial charge in [-0.2, -0.15) is 0 Å². The van der Waals surface area contributed by atoms with Crippen LogP contribution in [0.2, 0.25) is 0 Å². The maximum atomic E-state index is 11.8. The summed E-state index contributed by atoms with van der Waals surface area (Å²) in [6, 6.07) is 8.72. The van der Waals surface area contributed by atoms with Gasteiger partial charge in [-0.05, 0) is 57.0 Å². The van der Waals surface area contributed by atoms with E-state index < -0.39 is 0 Å². The average molecular weight is 390 g/mol. The molecule has 1 fully saturated rings. The number of piperidine rings is 1. The zero-order valence-electron chi connectivity index (χ0n) is 17.9. The van der Waals surface area contributed by atoms with Gasteiger partial charge in [0.05, 0.1) is 7.11 Å². The first-order valence-corrected chi connectivity index (χ1v) is 10.0. The quantitative estimate of drug-likeness (QED) is 0.549. The van der Waals surface area contributed by atoms with Crippen molar-refractivity contribution >= 4 is 11.9 Å². The van der Waals surface area contributed by atoms with Gasteiger partial charge in [-0.15, -0.1) is 0 Å². The Morgan fingerprint density at radius 1 is 1.29 bits per heavy atom. The molecule has 1 heterocycles. The molecule has 1 saturated heterocycles. The maximum absolute atomic E-state index is 11.8. The first kappa shape index (κ1) is 22.0. The summed E-state index contributed by atoms with van der Waals surface area (Å²) >= 11 is 0. The molecular formula is C21H35N5O2. The Kier molecular flexibility index (Phi) is 8.57. The van der Waals surface area contributed by atoms with Crippen LogP contribution < -0.4 is 15.4 Å². The molecule has 1 amide bonds. The molecule has 2 atom stereocenters. The molecule has 0 radical (unpaired) electrons. The summed E-state index contributed by atoms with van der Waals surface area (Å²) in [5.41, 5.74) is 1.31. The fourth-order valence-corrected chi connectivity index (χ4v) is 3.66. The third kappa shape index (κ3) is 6.12. The van der Waals surface area contributed by atoms with Crippen LogP contribution in [0.1, 0.15) is 31.4 Å². The monoisotopic (exact) mass is 389 g/mol. The molecule has 0 aliphatic carbocycles. The predicted octanol–water partition coefficient (Wildman–Crippen LogP) is 1.72. The molecule has 28 heavy (non-hydrogen) atoms. The van der Waals surface area contributed by atoms with Crippen molar-refractivity contribution in [2.45, 2.75) is 25.8 Å². The third-order valence-electron chi connectivity index (χ3n) is 5.21. The van der Waals surface area contributed by atoms with E-state index in [1.165, 1.54) is 12.0 Å². The van der Waals surface area contributed by atoms with Gasteiger partial charge in [0, 0.05) is 33.2 Å². The summed E-state index contributed by atoms with van der Waals surface area (Å²) in [5, 5.41) is 6.68. The van der Waals surface area contributed by atoms with Crippen LogP contribution in [-0.4, -0.2) is 76.1 Å². The van der Waals surface area contributed by atoms with Crippen LogP contribution in [0, 0.1) is 5.92 Å². The van der Waals surface area contributed by atoms with E-state index in [-0.39, 0.29) is 12.5 Å². The van der Waals surface area contributed by atoms with Crippen LogP contribution in [0.3, 0.4) is 0 Å². The van der Waals surface area contributed by atoms with Gasteiger partial charge in [0.15, 0.2) is 5.96 Å². The molecule has 156 valence electrons. The number of hydrogen-bond donors (Lipinski definition) is 2. The smallest absolute Gasteiger partial charge is 0.243 e. The molecule has 1 aromatic rings. The average Bonchev–Trinajstić information content (AvgIpc) is 2.70. The molecule has 2 N–H and O–H groups in total. The van der Waals surface area contributed by atoms with Gasteiger partial charge < -0.3 is 20.3 Å². The van der Waals surface area contributed by atoms with Gasteiger partial charge in [0.25, 0.3) is 0 Å². The van der Waals surface area contributed by atoms with E-state index in [9.17, 15) is 4.79 Å². The molecule has 7 nitrogen and oxygen atoms in total. The number of carbonyl (C=O) groups is 1. The zero-order valence-corrected chi connectivity index (χ0v) is 17.9. The maximum Gasteiger partial charge on any atom is 0.243 e. The Hall–Kier alpha value is -2.28. The van der Waals surface area contributed by atoms with Gasteiger partial charge in [-0.25, -0.2) is 4.99 Å². The van der Waals surface area contributed by atoms with E-state index in [4.69, 9.17) is 4.74 Å². The number of hydrogen-bond acceptors (Lipinski definition) is 4. The lowest BCUT2D eigenvalue weighted by Gasteiger charge is -2.40. The number of nitrogens with zero attached hydrogens (tertiary/aromatic N) is 3. The number of ether oxygens (including phenoxy) is 1. The zero-order chi connectivity index (χ0) is 20.5. The van der Waals surface area contributed by atoms with Crippen molar-refractivity contribution in [3.8, 4) is 5.75 Å². The van der Waals surface area contributed by atoms with Gasteiger partial charge in [0.1, 0.15) is 12.3 Å². The number of methoxy groups -OCH3 is 1. The Morgan fingerprint density at radius 3 is 2.61 bits per heavy atom. The molecule has 2 unspecified atom stereocenters. The van der Waals surface area contributed by atoms with Crippen molar-refractivity contribution in [1.29, 1.82) is 0 Å². The minimum absolute atomic E-state index is 0.00860. The van der Waals surface area contributed by atoms with Crippen molar-refractivity contribution in [1.82, 2.24) is 20.4 Å². The summed E-state index contributed by atoms with van der Waals surface area (Å²) in [6.07, 6.45) is 2.34. The number of aliphatic imine (C=N–C) groups is 1. The molecule has 1 aliphatic heterocycles. The normalized spacial score (nSPS) is 20.5. The fraction of sp³-hybridized carbons (Fsp3) is 0.619. The number of likely N-dealkylation sites (N-methyl/N-ethyl adjacent to an activating group) is 1. The highest BCUT2D eigenvalue weighted by atomic mass is 16.5. The second-order valence-corrected chi connectivity index (χ2v) is 7.47. The number of carbonyl (C=O) groups excluding carboxylic acids is 1. The molecule has 1 aromatic carbocycles. The minimum Gasteiger partial charge on any atom is -0.497 e. The van der Waals surface area contributed by atoms with E-state index in [2.05, 4.69) is 39.7 Å². The molecule has 2 rings (SSSR count). The van der Waals surface area contributed by atoms with Gasteiger partial charge in [0.2, 0.25) is 5.91 Å². The van der Waals surface area contributed by atoms with E-state index in [1.807, 2.05) is 19.1 Å². The third-order valence-corrected chi connectivity index (χ3v) is 5.21. The van der Waals surface area contributed by atoms with Crippen molar-refractivity contribution < 1.29 is 9.53 Å². The molecule has 0 aromatic heterocycles. The highest BCUT2D eigenvalue weighted by molar-refractivity contribution is 5.84. The second-order valence-electron chi connectivity index (χ2n) is 7.47. The Bertz CT molecular complexity index is 645. The van der Waals surface area contributed by atoms with Gasteiger partial charge in [-0.3, -0.25) is 9.69 Å². The summed E-state index contributed by atoms with van der Waals surface area (Å²) in [6.45, 7) is 4.84. The number of likely N-dealkylation sites (tertiary alicyclic amines) is 1. The minimum atomic E-state index is -0.00860. The lowest BCUT2D eigenvalue weighted by Crippen LogP contribution is -2.45. The lowest BCUT2D eigenvalue weighted by molar-refractivity contribution is -0.127. The van der Waals surface area contributed by atoms with Crippen LogP contribution in [0.5, 0.6) is 5.75 Å². The van der Waals surface area contributed by atoms with E-state index in [0.29, 0.717) is 17.9 Å². The van der Waals surface area contributed by atoms with Crippen molar-refractivity contribution in [3.05, 3.63) is 29.8 Å². The number of rotatable bonds is 7. The van der Waals surface area contributed by atoms with Crippen LogP contribution in [0.4, 0.5) is 0 Å². The van der Waals surface area contributed by atoms with Crippen LogP contribution in [-0.2, 0) is 4.79 Å². The molecule has 1 aliphatic rings. The summed E-state index contributed by atoms with van der Waals surface area (Å²) in [7, 11) is 7.37. The largest absolute Gasteiger partial charge is 0.497 e. The van der Waals surface area contributed by atoms with Crippen LogP contribution >= 0.6 is 0 Å². The molecule has 0 bridgehead atoms. The van der Waals surface area contributed by atoms with Crippen LogP contribution in [0.25, 0.3) is 0 Å². The Labute approximate surface area is 169 Å². The van der Waals surface area contributed by atoms with E-state index in [1.54, 1.807) is 26.1 Å². The number of benzene rings is 1. The van der Waals surface area contributed by atoms with E-state index in [0.717, 1.165) is 31.8 Å². The number of guanidine groups is 1. The van der Waals surface area contributed by atoms with Crippen molar-refractivity contribution in [2.24, 2.45) is 10.9 Å². The lowest BCUT2D eigenvalue weighted by atomic mass is 9.85. The highest BCUT2D eigenvalue weighted by Gasteiger charge is 2.30. The predicted molar refractivity (Wildman–Crippen MR) is 114 cm³/mol. The summed E-state index contributed by atoms with van der Waals surface area (Å²) < 4.78 is 5.30. The molecule has 0 saturated carbocycles. The molecule has 0 spiro atoms. The second kappa shape index (κ2) is 10.9. The summed E-state index contributed by atoms with van der Waals surface area (Å²) in [4.78, 5) is 20.3. The van der Waals surface area contributed by atoms with E-state index >= 15 is 0 Å². The molecule has 7 heteroatoms. The topological polar surface area (TPSA) is 69.2 Å². The number of nitrogens with one attached hydrogen (secondary N) is 2. The van der Waals surface area contributed by atoms with Crippen LogP contribution in [0.15, 0.2) is 29.3 Å².